The molecule has 0 aliphatic carbocycles. The van der Waals surface area contributed by atoms with Crippen LogP contribution in [0.15, 0.2) is 0 Å². The molecule has 1 nitrogen and oxygen atoms in total. The summed E-state index contributed by atoms with van der Waals surface area (Å²) in [4.78, 5) is 11.3. The Morgan fingerprint density at radius 2 is 1.69 bits per heavy atom. The summed E-state index contributed by atoms with van der Waals surface area (Å²) in [5.41, 5.74) is -2.18. The van der Waals surface area contributed by atoms with Gasteiger partial charge in [-0.2, -0.15) is 13.2 Å². The lowest BCUT2D eigenvalue weighted by atomic mass is 9.78. The summed E-state index contributed by atoms with van der Waals surface area (Å²) in [6.45, 7) is 5.33. The molecule has 1 unspecified atom stereocenters. The van der Waals surface area contributed by atoms with Crippen LogP contribution in [0, 0.1) is 11.3 Å². The van der Waals surface area contributed by atoms with Crippen molar-refractivity contribution >= 4 is 5.78 Å². The van der Waals surface area contributed by atoms with E-state index in [9.17, 15) is 18.0 Å². The molecule has 0 heterocycles. The number of halogens is 3. The second kappa shape index (κ2) is 3.68. The van der Waals surface area contributed by atoms with Crippen LogP contribution in [-0.2, 0) is 4.79 Å². The monoisotopic (exact) mass is 196 g/mol. The van der Waals surface area contributed by atoms with Crippen LogP contribution >= 0.6 is 0 Å². The lowest BCUT2D eigenvalue weighted by molar-refractivity contribution is -0.218. The molecular weight excluding hydrogens is 181 g/mol. The molecule has 0 aromatic heterocycles. The van der Waals surface area contributed by atoms with E-state index < -0.39 is 23.3 Å². The highest BCUT2D eigenvalue weighted by Crippen LogP contribution is 2.42. The van der Waals surface area contributed by atoms with Crippen molar-refractivity contribution in [3.63, 3.8) is 0 Å². The number of ketones is 1. The Labute approximate surface area is 76.3 Å². The minimum absolute atomic E-state index is 0.201. The van der Waals surface area contributed by atoms with Gasteiger partial charge in [0, 0.05) is 5.92 Å². The summed E-state index contributed by atoms with van der Waals surface area (Å²) in [7, 11) is 0. The average molecular weight is 196 g/mol. The molecule has 13 heavy (non-hydrogen) atoms. The first-order chi connectivity index (χ1) is 5.66. The Morgan fingerprint density at radius 3 is 1.77 bits per heavy atom. The van der Waals surface area contributed by atoms with Gasteiger partial charge >= 0.3 is 6.18 Å². The van der Waals surface area contributed by atoms with Crippen LogP contribution in [-0.4, -0.2) is 12.0 Å². The molecule has 0 radical (unpaired) electrons. The van der Waals surface area contributed by atoms with Crippen LogP contribution in [0.1, 0.15) is 34.1 Å². The zero-order valence-corrected chi connectivity index (χ0v) is 8.33. The van der Waals surface area contributed by atoms with E-state index in [0.29, 0.717) is 0 Å². The lowest BCUT2D eigenvalue weighted by Gasteiger charge is -2.30. The number of Topliss-reactive ketones (excluding diaryl/α,β-unsaturated/α-hetero) is 1. The van der Waals surface area contributed by atoms with Crippen molar-refractivity contribution in [2.24, 2.45) is 11.3 Å². The summed E-state index contributed by atoms with van der Waals surface area (Å²) in [5.74, 6) is -1.31. The zero-order chi connectivity index (χ0) is 10.9. The van der Waals surface area contributed by atoms with Crippen LogP contribution in [0.3, 0.4) is 0 Å². The van der Waals surface area contributed by atoms with Crippen LogP contribution in [0.5, 0.6) is 0 Å². The van der Waals surface area contributed by atoms with Gasteiger partial charge in [-0.05, 0) is 13.3 Å². The number of carbonyl (C=O) groups is 1. The number of hydrogen-bond donors (Lipinski definition) is 0. The molecule has 0 N–H and O–H groups in total. The molecule has 0 saturated heterocycles. The maximum Gasteiger partial charge on any atom is 0.401 e. The Bertz CT molecular complexity index is 196. The fourth-order valence-electron chi connectivity index (χ4n) is 1.15. The summed E-state index contributed by atoms with van der Waals surface area (Å²) >= 11 is 0. The van der Waals surface area contributed by atoms with E-state index in [4.69, 9.17) is 0 Å². The largest absolute Gasteiger partial charge is 0.401 e. The van der Waals surface area contributed by atoms with Crippen molar-refractivity contribution in [2.45, 2.75) is 40.3 Å². The van der Waals surface area contributed by atoms with Crippen LogP contribution in [0.25, 0.3) is 0 Å². The molecule has 0 aliphatic heterocycles. The molecule has 0 rings (SSSR count). The minimum Gasteiger partial charge on any atom is -0.298 e. The summed E-state index contributed by atoms with van der Waals surface area (Å²) < 4.78 is 37.5. The number of rotatable bonds is 3. The van der Waals surface area contributed by atoms with Gasteiger partial charge in [0.15, 0.2) is 0 Å². The summed E-state index contributed by atoms with van der Waals surface area (Å²) in [5, 5.41) is 0. The predicted octanol–water partition coefficient (Wildman–Crippen LogP) is 3.19. The molecule has 0 aliphatic rings. The van der Waals surface area contributed by atoms with Gasteiger partial charge in [-0.15, -0.1) is 0 Å². The fraction of sp³-hybridized carbons (Fsp3) is 0.889. The van der Waals surface area contributed by atoms with Crippen molar-refractivity contribution in [3.8, 4) is 0 Å². The van der Waals surface area contributed by atoms with E-state index in [2.05, 4.69) is 0 Å². The molecule has 0 aromatic rings. The van der Waals surface area contributed by atoms with Gasteiger partial charge in [-0.1, -0.05) is 20.8 Å². The molecule has 0 saturated carbocycles. The van der Waals surface area contributed by atoms with Gasteiger partial charge in [0.1, 0.15) is 11.2 Å². The smallest absolute Gasteiger partial charge is 0.298 e. The van der Waals surface area contributed by atoms with Gasteiger partial charge in [0.2, 0.25) is 0 Å². The highest BCUT2D eigenvalue weighted by Gasteiger charge is 2.55. The summed E-state index contributed by atoms with van der Waals surface area (Å²) in [6, 6.07) is 0. The second-order valence-electron chi connectivity index (χ2n) is 3.70. The molecule has 78 valence electrons. The van der Waals surface area contributed by atoms with E-state index >= 15 is 0 Å². The first-order valence-electron chi connectivity index (χ1n) is 4.28. The van der Waals surface area contributed by atoms with Gasteiger partial charge in [-0.25, -0.2) is 0 Å². The van der Waals surface area contributed by atoms with E-state index in [0.717, 1.165) is 6.92 Å². The fourth-order valence-corrected chi connectivity index (χ4v) is 1.15. The van der Waals surface area contributed by atoms with E-state index in [1.165, 1.54) is 20.8 Å². The topological polar surface area (TPSA) is 17.1 Å². The third-order valence-corrected chi connectivity index (χ3v) is 2.40. The zero-order valence-electron chi connectivity index (χ0n) is 8.33. The van der Waals surface area contributed by atoms with Crippen molar-refractivity contribution in [1.29, 1.82) is 0 Å². The normalized spacial score (nSPS) is 17.2. The van der Waals surface area contributed by atoms with Gasteiger partial charge in [0.05, 0.1) is 0 Å². The predicted molar refractivity (Wildman–Crippen MR) is 44.3 cm³/mol. The Morgan fingerprint density at radius 1 is 1.31 bits per heavy atom. The molecular formula is C9H15F3O. The first-order valence-corrected chi connectivity index (χ1v) is 4.28. The third kappa shape index (κ3) is 2.23. The number of hydrogen-bond acceptors (Lipinski definition) is 1. The van der Waals surface area contributed by atoms with Crippen LogP contribution in [0.4, 0.5) is 13.2 Å². The third-order valence-electron chi connectivity index (χ3n) is 2.40. The van der Waals surface area contributed by atoms with Crippen LogP contribution < -0.4 is 0 Å². The van der Waals surface area contributed by atoms with Crippen molar-refractivity contribution in [2.75, 3.05) is 0 Å². The van der Waals surface area contributed by atoms with Crippen molar-refractivity contribution in [3.05, 3.63) is 0 Å². The molecule has 0 spiro atoms. The Kier molecular flexibility index (Phi) is 3.53. The van der Waals surface area contributed by atoms with Crippen molar-refractivity contribution in [1.82, 2.24) is 0 Å². The molecule has 1 atom stereocenters. The molecule has 0 aromatic carbocycles. The molecule has 4 heteroatoms. The first kappa shape index (κ1) is 12.5. The SMILES string of the molecule is CCC(C)(C(=O)C(C)C)C(F)(F)F. The van der Waals surface area contributed by atoms with Gasteiger partial charge in [0.25, 0.3) is 0 Å². The maximum absolute atomic E-state index is 12.5. The Hall–Kier alpha value is -0.540. The van der Waals surface area contributed by atoms with E-state index in [1.54, 1.807) is 0 Å². The highest BCUT2D eigenvalue weighted by molar-refractivity contribution is 5.86. The maximum atomic E-state index is 12.5. The second-order valence-corrected chi connectivity index (χ2v) is 3.70. The Balaban J connectivity index is 4.96. The lowest BCUT2D eigenvalue weighted by Crippen LogP contribution is -2.44. The van der Waals surface area contributed by atoms with Gasteiger partial charge < -0.3 is 0 Å². The molecule has 0 bridgehead atoms. The molecule has 0 amide bonds. The molecule has 0 fully saturated rings. The summed E-state index contributed by atoms with van der Waals surface area (Å²) in [6.07, 6.45) is -4.64. The van der Waals surface area contributed by atoms with Crippen molar-refractivity contribution < 1.29 is 18.0 Å². The van der Waals surface area contributed by atoms with Gasteiger partial charge in [-0.3, -0.25) is 4.79 Å². The quantitative estimate of drug-likeness (QED) is 0.677. The number of carbonyl (C=O) groups excluding carboxylic acids is 1. The standard InChI is InChI=1S/C9H15F3O/c1-5-8(4,9(10,11)12)7(13)6(2)3/h6H,5H2,1-4H3. The average Bonchev–Trinajstić information content (AvgIpc) is 1.99. The van der Waals surface area contributed by atoms with Crippen LogP contribution in [0.2, 0.25) is 0 Å². The number of alkyl halides is 3. The minimum atomic E-state index is -4.44. The van der Waals surface area contributed by atoms with E-state index in [-0.39, 0.29) is 6.42 Å². The highest BCUT2D eigenvalue weighted by atomic mass is 19.4. The van der Waals surface area contributed by atoms with E-state index in [1.807, 2.05) is 0 Å².